The molecule has 13 heteroatoms. The van der Waals surface area contributed by atoms with Gasteiger partial charge in [-0.1, -0.05) is 44.2 Å². The summed E-state index contributed by atoms with van der Waals surface area (Å²) < 4.78 is 0. The van der Waals surface area contributed by atoms with Crippen LogP contribution in [-0.2, 0) is 35.2 Å². The Kier molecular flexibility index (Phi) is 12.0. The van der Waals surface area contributed by atoms with E-state index in [0.29, 0.717) is 5.56 Å². The molecule has 1 aromatic carbocycles. The second-order valence-corrected chi connectivity index (χ2v) is 8.66. The molecule has 198 valence electrons. The van der Waals surface area contributed by atoms with Crippen LogP contribution in [0.1, 0.15) is 38.7 Å². The van der Waals surface area contributed by atoms with Gasteiger partial charge in [0.15, 0.2) is 0 Å². The molecule has 0 fully saturated rings. The number of carbonyl (C=O) groups is 6. The molecule has 0 bridgehead atoms. The first-order valence-corrected chi connectivity index (χ1v) is 11.3. The maximum Gasteiger partial charge on any atom is 0.326 e. The third-order valence-corrected chi connectivity index (χ3v) is 5.22. The van der Waals surface area contributed by atoms with E-state index >= 15 is 0 Å². The van der Waals surface area contributed by atoms with Gasteiger partial charge in [-0.2, -0.15) is 0 Å². The van der Waals surface area contributed by atoms with Crippen molar-refractivity contribution in [1.29, 1.82) is 0 Å². The first-order valence-electron chi connectivity index (χ1n) is 11.3. The number of rotatable bonds is 15. The first-order chi connectivity index (χ1) is 16.8. The van der Waals surface area contributed by atoms with E-state index in [9.17, 15) is 33.9 Å². The summed E-state index contributed by atoms with van der Waals surface area (Å²) in [5.41, 5.74) is 16.6. The molecule has 5 amide bonds. The largest absolute Gasteiger partial charge is 0.480 e. The molecule has 0 spiro atoms. The Bertz CT molecular complexity index is 954. The molecule has 10 N–H and O–H groups in total. The van der Waals surface area contributed by atoms with Gasteiger partial charge >= 0.3 is 5.97 Å². The van der Waals surface area contributed by atoms with Crippen molar-refractivity contribution >= 4 is 35.5 Å². The predicted octanol–water partition coefficient (Wildman–Crippen LogP) is -2.11. The number of aliphatic carboxylic acids is 1. The highest BCUT2D eigenvalue weighted by Crippen LogP contribution is 2.08. The van der Waals surface area contributed by atoms with Crippen LogP contribution in [0.4, 0.5) is 0 Å². The molecule has 0 aliphatic heterocycles. The summed E-state index contributed by atoms with van der Waals surface area (Å²) in [6.45, 7) is 3.19. The van der Waals surface area contributed by atoms with Crippen molar-refractivity contribution in [3.63, 3.8) is 0 Å². The minimum absolute atomic E-state index is 0.00953. The number of carboxylic acid groups (broad SMARTS) is 1. The van der Waals surface area contributed by atoms with E-state index in [1.807, 2.05) is 0 Å². The Balaban J connectivity index is 3.14. The van der Waals surface area contributed by atoms with Crippen LogP contribution in [0.3, 0.4) is 0 Å². The van der Waals surface area contributed by atoms with Crippen LogP contribution in [0.5, 0.6) is 0 Å². The number of amides is 5. The lowest BCUT2D eigenvalue weighted by Gasteiger charge is -2.26. The Morgan fingerprint density at radius 2 is 1.39 bits per heavy atom. The van der Waals surface area contributed by atoms with Crippen LogP contribution in [0, 0.1) is 5.92 Å². The SMILES string of the molecule is CC(C)C(NC(=O)C(CCC(N)=O)NC(=O)C(Cc1ccccc1)NC(=O)C(N)CC(N)=O)C(=O)O. The molecule has 1 rings (SSSR count). The molecular formula is C23H34N6O7. The summed E-state index contributed by atoms with van der Waals surface area (Å²) >= 11 is 0. The van der Waals surface area contributed by atoms with E-state index in [0.717, 1.165) is 0 Å². The molecule has 36 heavy (non-hydrogen) atoms. The van der Waals surface area contributed by atoms with E-state index < -0.39 is 72.0 Å². The van der Waals surface area contributed by atoms with Gasteiger partial charge in [0.05, 0.1) is 12.5 Å². The molecule has 0 radical (unpaired) electrons. The topological polar surface area (TPSA) is 237 Å². The van der Waals surface area contributed by atoms with Gasteiger partial charge in [-0.25, -0.2) is 4.79 Å². The Morgan fingerprint density at radius 1 is 0.833 bits per heavy atom. The Hall–Kier alpha value is -4.00. The third-order valence-electron chi connectivity index (χ3n) is 5.22. The van der Waals surface area contributed by atoms with Gasteiger partial charge in [-0.05, 0) is 17.9 Å². The summed E-state index contributed by atoms with van der Waals surface area (Å²) in [5, 5.41) is 16.6. The van der Waals surface area contributed by atoms with Crippen LogP contribution < -0.4 is 33.2 Å². The van der Waals surface area contributed by atoms with Crippen molar-refractivity contribution in [3.05, 3.63) is 35.9 Å². The molecule has 0 aliphatic carbocycles. The van der Waals surface area contributed by atoms with Crippen molar-refractivity contribution in [1.82, 2.24) is 16.0 Å². The second kappa shape index (κ2) is 14.4. The molecule has 1 aromatic rings. The van der Waals surface area contributed by atoms with Gasteiger partial charge in [0.1, 0.15) is 18.1 Å². The fourth-order valence-corrected chi connectivity index (χ4v) is 3.24. The van der Waals surface area contributed by atoms with Gasteiger partial charge in [-0.15, -0.1) is 0 Å². The fraction of sp³-hybridized carbons (Fsp3) is 0.478. The summed E-state index contributed by atoms with van der Waals surface area (Å²) in [6.07, 6.45) is -0.905. The number of benzene rings is 1. The Labute approximate surface area is 208 Å². The van der Waals surface area contributed by atoms with E-state index in [4.69, 9.17) is 17.2 Å². The summed E-state index contributed by atoms with van der Waals surface area (Å²) in [5.74, 6) is -5.70. The lowest BCUT2D eigenvalue weighted by molar-refractivity contribution is -0.143. The van der Waals surface area contributed by atoms with Crippen LogP contribution in [-0.4, -0.2) is 64.8 Å². The highest BCUT2D eigenvalue weighted by Gasteiger charge is 2.31. The van der Waals surface area contributed by atoms with Crippen LogP contribution >= 0.6 is 0 Å². The van der Waals surface area contributed by atoms with Crippen molar-refractivity contribution in [3.8, 4) is 0 Å². The summed E-state index contributed by atoms with van der Waals surface area (Å²) in [7, 11) is 0. The predicted molar refractivity (Wildman–Crippen MR) is 129 cm³/mol. The van der Waals surface area contributed by atoms with Crippen molar-refractivity contribution in [2.75, 3.05) is 0 Å². The van der Waals surface area contributed by atoms with Crippen LogP contribution in [0.2, 0.25) is 0 Å². The zero-order chi connectivity index (χ0) is 27.4. The van der Waals surface area contributed by atoms with Crippen LogP contribution in [0.15, 0.2) is 30.3 Å². The van der Waals surface area contributed by atoms with Gasteiger partial charge in [0, 0.05) is 12.8 Å². The minimum Gasteiger partial charge on any atom is -0.480 e. The zero-order valence-electron chi connectivity index (χ0n) is 20.2. The van der Waals surface area contributed by atoms with E-state index in [2.05, 4.69) is 16.0 Å². The summed E-state index contributed by atoms with van der Waals surface area (Å²) in [4.78, 5) is 72.4. The number of nitrogens with two attached hydrogens (primary N) is 3. The summed E-state index contributed by atoms with van der Waals surface area (Å²) in [6, 6.07) is 3.57. The van der Waals surface area contributed by atoms with E-state index in [1.54, 1.807) is 44.2 Å². The standard InChI is InChI=1S/C23H34N6O7/c1-12(2)19(23(35)36)29-21(33)15(8-9-17(25)30)27-22(34)16(10-13-6-4-3-5-7-13)28-20(32)14(24)11-18(26)31/h3-7,12,14-16,19H,8-11,24H2,1-2H3,(H2,25,30)(H2,26,31)(H,27,34)(H,28,32)(H,29,33)(H,35,36). The third kappa shape index (κ3) is 10.5. The highest BCUT2D eigenvalue weighted by molar-refractivity contribution is 5.95. The van der Waals surface area contributed by atoms with Crippen molar-refractivity contribution < 1.29 is 33.9 Å². The number of hydrogen-bond donors (Lipinski definition) is 7. The number of nitrogens with one attached hydrogen (secondary N) is 3. The first kappa shape index (κ1) is 30.0. The normalized spacial score (nSPS) is 14.1. The molecule has 0 aromatic heterocycles. The number of carbonyl (C=O) groups excluding carboxylic acids is 5. The molecule has 0 saturated heterocycles. The second-order valence-electron chi connectivity index (χ2n) is 8.66. The van der Waals surface area contributed by atoms with Gasteiger partial charge < -0.3 is 38.3 Å². The van der Waals surface area contributed by atoms with E-state index in [-0.39, 0.29) is 19.3 Å². The zero-order valence-corrected chi connectivity index (χ0v) is 20.2. The quantitative estimate of drug-likeness (QED) is 0.139. The monoisotopic (exact) mass is 506 g/mol. The van der Waals surface area contributed by atoms with E-state index in [1.165, 1.54) is 0 Å². The fourth-order valence-electron chi connectivity index (χ4n) is 3.24. The smallest absolute Gasteiger partial charge is 0.326 e. The molecule has 13 nitrogen and oxygen atoms in total. The molecule has 0 saturated carbocycles. The average molecular weight is 507 g/mol. The number of hydrogen-bond acceptors (Lipinski definition) is 7. The van der Waals surface area contributed by atoms with Gasteiger partial charge in [0.2, 0.25) is 29.5 Å². The van der Waals surface area contributed by atoms with Crippen molar-refractivity contribution in [2.45, 2.75) is 63.7 Å². The lowest BCUT2D eigenvalue weighted by Crippen LogP contribution is -2.58. The lowest BCUT2D eigenvalue weighted by atomic mass is 10.0. The number of carboxylic acids is 1. The highest BCUT2D eigenvalue weighted by atomic mass is 16.4. The van der Waals surface area contributed by atoms with Crippen molar-refractivity contribution in [2.24, 2.45) is 23.1 Å². The molecule has 4 atom stereocenters. The molecule has 0 heterocycles. The molecule has 0 aliphatic rings. The average Bonchev–Trinajstić information content (AvgIpc) is 2.78. The Morgan fingerprint density at radius 3 is 1.89 bits per heavy atom. The maximum atomic E-state index is 13.2. The molecule has 4 unspecified atom stereocenters. The molecular weight excluding hydrogens is 472 g/mol. The van der Waals surface area contributed by atoms with Gasteiger partial charge in [0.25, 0.3) is 0 Å². The minimum atomic E-state index is -1.32. The maximum absolute atomic E-state index is 13.2. The van der Waals surface area contributed by atoms with Gasteiger partial charge in [-0.3, -0.25) is 24.0 Å². The number of primary amides is 2. The van der Waals surface area contributed by atoms with Crippen LogP contribution in [0.25, 0.3) is 0 Å².